The Morgan fingerprint density at radius 2 is 1.92 bits per heavy atom. The summed E-state index contributed by atoms with van der Waals surface area (Å²) in [4.78, 5) is 16.3. The minimum Gasteiger partial charge on any atom is -0.326 e. The van der Waals surface area contributed by atoms with E-state index in [0.29, 0.717) is 12.8 Å². The summed E-state index contributed by atoms with van der Waals surface area (Å²) in [5.41, 5.74) is 4.87. The molecule has 0 atom stereocenters. The molecule has 124 valence electrons. The number of rotatable bonds is 5. The van der Waals surface area contributed by atoms with Crippen LogP contribution in [0.5, 0.6) is 0 Å². The number of carbonyl (C=O) groups excluding carboxylic acids is 1. The summed E-state index contributed by atoms with van der Waals surface area (Å²) in [6, 6.07) is 9.69. The normalized spacial score (nSPS) is 10.8. The second-order valence-electron chi connectivity index (χ2n) is 5.86. The van der Waals surface area contributed by atoms with Crippen molar-refractivity contribution in [3.8, 4) is 5.69 Å². The number of benzene rings is 1. The molecule has 0 fully saturated rings. The molecule has 0 spiro atoms. The third-order valence-electron chi connectivity index (χ3n) is 4.06. The Bertz CT molecular complexity index is 845. The zero-order valence-electron chi connectivity index (χ0n) is 14.2. The molecule has 0 bridgehead atoms. The van der Waals surface area contributed by atoms with E-state index in [2.05, 4.69) is 15.4 Å². The van der Waals surface area contributed by atoms with E-state index in [1.165, 1.54) is 0 Å². The number of carbonyl (C=O) groups is 1. The van der Waals surface area contributed by atoms with Gasteiger partial charge in [-0.1, -0.05) is 0 Å². The largest absolute Gasteiger partial charge is 0.326 e. The summed E-state index contributed by atoms with van der Waals surface area (Å²) >= 11 is 0. The lowest BCUT2D eigenvalue weighted by molar-refractivity contribution is -0.116. The molecule has 0 unspecified atom stereocenters. The lowest BCUT2D eigenvalue weighted by atomic mass is 10.2. The van der Waals surface area contributed by atoms with E-state index in [4.69, 9.17) is 0 Å². The fraction of sp³-hybridized carbons (Fsp3) is 0.278. The Hall–Kier alpha value is -2.89. The Morgan fingerprint density at radius 1 is 1.17 bits per heavy atom. The van der Waals surface area contributed by atoms with Crippen molar-refractivity contribution in [1.82, 2.24) is 19.3 Å². The van der Waals surface area contributed by atoms with Gasteiger partial charge in [0.1, 0.15) is 0 Å². The van der Waals surface area contributed by atoms with Gasteiger partial charge in [-0.15, -0.1) is 0 Å². The van der Waals surface area contributed by atoms with Crippen LogP contribution in [0.3, 0.4) is 0 Å². The van der Waals surface area contributed by atoms with E-state index in [-0.39, 0.29) is 5.91 Å². The van der Waals surface area contributed by atoms with Crippen molar-refractivity contribution >= 4 is 11.6 Å². The van der Waals surface area contributed by atoms with Gasteiger partial charge in [0, 0.05) is 43.2 Å². The fourth-order valence-corrected chi connectivity index (χ4v) is 2.53. The third kappa shape index (κ3) is 3.53. The lowest BCUT2D eigenvalue weighted by Crippen LogP contribution is -2.12. The summed E-state index contributed by atoms with van der Waals surface area (Å²) < 4.78 is 3.77. The Morgan fingerprint density at radius 3 is 2.50 bits per heavy atom. The molecule has 1 aromatic carbocycles. The summed E-state index contributed by atoms with van der Waals surface area (Å²) in [6.45, 7) is 4.03. The minimum absolute atomic E-state index is 0.0111. The molecule has 0 aliphatic rings. The van der Waals surface area contributed by atoms with Crippen LogP contribution in [0, 0.1) is 13.8 Å². The average molecular weight is 323 g/mol. The van der Waals surface area contributed by atoms with E-state index in [1.54, 1.807) is 4.68 Å². The van der Waals surface area contributed by atoms with E-state index in [1.807, 2.05) is 68.3 Å². The van der Waals surface area contributed by atoms with Gasteiger partial charge in [0.05, 0.1) is 17.7 Å². The van der Waals surface area contributed by atoms with Crippen molar-refractivity contribution in [2.75, 3.05) is 5.32 Å². The van der Waals surface area contributed by atoms with Crippen LogP contribution in [-0.4, -0.2) is 25.2 Å². The first-order valence-corrected chi connectivity index (χ1v) is 7.92. The maximum atomic E-state index is 12.0. The highest BCUT2D eigenvalue weighted by atomic mass is 16.1. The van der Waals surface area contributed by atoms with Gasteiger partial charge >= 0.3 is 0 Å². The summed E-state index contributed by atoms with van der Waals surface area (Å²) in [6.07, 6.45) is 4.74. The molecule has 6 nitrogen and oxygen atoms in total. The third-order valence-corrected chi connectivity index (χ3v) is 4.06. The van der Waals surface area contributed by atoms with Gasteiger partial charge in [0.15, 0.2) is 0 Å². The predicted octanol–water partition coefficient (Wildman–Crippen LogP) is 2.79. The van der Waals surface area contributed by atoms with Gasteiger partial charge in [-0.05, 0) is 44.2 Å². The second kappa shape index (κ2) is 6.70. The van der Waals surface area contributed by atoms with Gasteiger partial charge in [0.25, 0.3) is 0 Å². The molecule has 2 aromatic heterocycles. The van der Waals surface area contributed by atoms with Crippen molar-refractivity contribution in [3.05, 3.63) is 59.9 Å². The van der Waals surface area contributed by atoms with E-state index >= 15 is 0 Å². The maximum Gasteiger partial charge on any atom is 0.224 e. The molecule has 6 heteroatoms. The maximum absolute atomic E-state index is 12.0. The van der Waals surface area contributed by atoms with Crippen LogP contribution in [0.2, 0.25) is 0 Å². The molecule has 1 N–H and O–H groups in total. The van der Waals surface area contributed by atoms with Crippen LogP contribution in [0.25, 0.3) is 5.69 Å². The van der Waals surface area contributed by atoms with Crippen molar-refractivity contribution in [2.45, 2.75) is 26.7 Å². The molecule has 24 heavy (non-hydrogen) atoms. The number of imidazole rings is 1. The molecular weight excluding hydrogens is 302 g/mol. The highest BCUT2D eigenvalue weighted by Gasteiger charge is 2.07. The van der Waals surface area contributed by atoms with Crippen LogP contribution in [0.4, 0.5) is 5.69 Å². The molecule has 0 saturated heterocycles. The average Bonchev–Trinajstić information content (AvgIpc) is 3.13. The first-order chi connectivity index (χ1) is 11.5. The standard InChI is InChI=1S/C18H21N5O/c1-13-14(2)23(12-19-13)17-7-4-15(5-8-17)20-18(24)9-6-16-10-11-22(3)21-16/h4-5,7-8,10-12H,6,9H2,1-3H3,(H,20,24). The van der Waals surface area contributed by atoms with Crippen molar-refractivity contribution in [1.29, 1.82) is 0 Å². The smallest absolute Gasteiger partial charge is 0.224 e. The Kier molecular flexibility index (Phi) is 4.46. The topological polar surface area (TPSA) is 64.7 Å². The van der Waals surface area contributed by atoms with Crippen LogP contribution in [0.1, 0.15) is 23.5 Å². The summed E-state index contributed by atoms with van der Waals surface area (Å²) in [5.74, 6) is -0.0111. The number of amides is 1. The number of nitrogens with zero attached hydrogens (tertiary/aromatic N) is 4. The molecule has 0 aliphatic carbocycles. The molecule has 0 aliphatic heterocycles. The summed E-state index contributed by atoms with van der Waals surface area (Å²) in [5, 5.41) is 7.19. The van der Waals surface area contributed by atoms with Crippen molar-refractivity contribution in [3.63, 3.8) is 0 Å². The Balaban J connectivity index is 1.59. The monoisotopic (exact) mass is 323 g/mol. The molecule has 1 amide bonds. The highest BCUT2D eigenvalue weighted by molar-refractivity contribution is 5.90. The van der Waals surface area contributed by atoms with Gasteiger partial charge in [-0.25, -0.2) is 4.98 Å². The number of hydrogen-bond acceptors (Lipinski definition) is 3. The quantitative estimate of drug-likeness (QED) is 0.785. The zero-order chi connectivity index (χ0) is 17.1. The number of nitrogens with one attached hydrogen (secondary N) is 1. The van der Waals surface area contributed by atoms with Crippen molar-refractivity contribution in [2.24, 2.45) is 7.05 Å². The van der Waals surface area contributed by atoms with Crippen LogP contribution < -0.4 is 5.32 Å². The molecule has 3 aromatic rings. The van der Waals surface area contributed by atoms with Gasteiger partial charge < -0.3 is 9.88 Å². The number of anilines is 1. The van der Waals surface area contributed by atoms with Crippen LogP contribution >= 0.6 is 0 Å². The first kappa shape index (κ1) is 16.0. The number of hydrogen-bond donors (Lipinski definition) is 1. The predicted molar refractivity (Wildman–Crippen MR) is 93.2 cm³/mol. The van der Waals surface area contributed by atoms with E-state index in [9.17, 15) is 4.79 Å². The molecule has 3 rings (SSSR count). The molecule has 2 heterocycles. The van der Waals surface area contributed by atoms with E-state index < -0.39 is 0 Å². The van der Waals surface area contributed by atoms with Gasteiger partial charge in [-0.2, -0.15) is 5.10 Å². The molecular formula is C18H21N5O. The number of aromatic nitrogens is 4. The Labute approximate surface area is 141 Å². The first-order valence-electron chi connectivity index (χ1n) is 7.92. The molecule has 0 saturated carbocycles. The fourth-order valence-electron chi connectivity index (χ4n) is 2.53. The molecule has 0 radical (unpaired) electrons. The second-order valence-corrected chi connectivity index (χ2v) is 5.86. The van der Waals surface area contributed by atoms with Crippen molar-refractivity contribution < 1.29 is 4.79 Å². The SMILES string of the molecule is Cc1ncn(-c2ccc(NC(=O)CCc3ccn(C)n3)cc2)c1C. The van der Waals surface area contributed by atoms with Gasteiger partial charge in [-0.3, -0.25) is 9.48 Å². The van der Waals surface area contributed by atoms with E-state index in [0.717, 1.165) is 28.5 Å². The van der Waals surface area contributed by atoms with Crippen LogP contribution in [0.15, 0.2) is 42.9 Å². The lowest BCUT2D eigenvalue weighted by Gasteiger charge is -2.08. The van der Waals surface area contributed by atoms with Crippen LogP contribution in [-0.2, 0) is 18.3 Å². The highest BCUT2D eigenvalue weighted by Crippen LogP contribution is 2.17. The minimum atomic E-state index is -0.0111. The van der Waals surface area contributed by atoms with Gasteiger partial charge in [0.2, 0.25) is 5.91 Å². The summed E-state index contributed by atoms with van der Waals surface area (Å²) in [7, 11) is 1.87. The number of aryl methyl sites for hydroxylation is 3. The zero-order valence-corrected chi connectivity index (χ0v) is 14.2.